The molecule has 0 amide bonds. The second-order valence-corrected chi connectivity index (χ2v) is 4.90. The van der Waals surface area contributed by atoms with Gasteiger partial charge in [0.25, 0.3) is 0 Å². The van der Waals surface area contributed by atoms with E-state index in [9.17, 15) is 9.59 Å². The molecular formula is C13H12O4. The number of allylic oxidation sites excluding steroid dienone is 1. The van der Waals surface area contributed by atoms with Gasteiger partial charge in [0.05, 0.1) is 0 Å². The number of hydrogen-bond donors (Lipinski definition) is 0. The maximum absolute atomic E-state index is 12.4. The number of Topliss-reactive ketones (excluding diaryl/α,β-unsaturated/α-hetero) is 1. The Morgan fingerprint density at radius 1 is 1.47 bits per heavy atom. The van der Waals surface area contributed by atoms with E-state index in [4.69, 9.17) is 9.47 Å². The van der Waals surface area contributed by atoms with Crippen LogP contribution in [0.5, 0.6) is 0 Å². The molecule has 4 nitrogen and oxygen atoms in total. The van der Waals surface area contributed by atoms with Crippen LogP contribution in [-0.2, 0) is 19.1 Å². The van der Waals surface area contributed by atoms with Crippen molar-refractivity contribution in [3.05, 3.63) is 35.8 Å². The number of carbonyl (C=O) groups excluding carboxylic acids is 2. The molecule has 3 aliphatic rings. The molecule has 88 valence electrons. The van der Waals surface area contributed by atoms with E-state index in [0.29, 0.717) is 12.8 Å². The third-order valence-corrected chi connectivity index (χ3v) is 3.52. The van der Waals surface area contributed by atoms with Gasteiger partial charge in [0.15, 0.2) is 17.3 Å². The van der Waals surface area contributed by atoms with Crippen LogP contribution in [0.25, 0.3) is 0 Å². The summed E-state index contributed by atoms with van der Waals surface area (Å²) in [4.78, 5) is 24.1. The second-order valence-electron chi connectivity index (χ2n) is 4.90. The minimum atomic E-state index is -0.635. The average Bonchev–Trinajstić information content (AvgIpc) is 2.49. The number of cyclic esters (lactones) is 1. The molecule has 0 N–H and O–H groups in total. The SMILES string of the molecule is C=C1OC(=O)C2=C1O[C@@H]1C=CC[C@@](C)(C1)C2=O. The van der Waals surface area contributed by atoms with E-state index in [1.165, 1.54) is 0 Å². The van der Waals surface area contributed by atoms with E-state index in [1.807, 2.05) is 19.1 Å². The molecular weight excluding hydrogens is 220 g/mol. The van der Waals surface area contributed by atoms with Crippen LogP contribution in [0.2, 0.25) is 0 Å². The van der Waals surface area contributed by atoms with Crippen molar-refractivity contribution in [1.29, 1.82) is 0 Å². The van der Waals surface area contributed by atoms with Gasteiger partial charge in [-0.05, 0) is 12.5 Å². The summed E-state index contributed by atoms with van der Waals surface area (Å²) in [5, 5.41) is 0. The molecule has 0 fully saturated rings. The molecule has 0 radical (unpaired) electrons. The van der Waals surface area contributed by atoms with Crippen molar-refractivity contribution in [2.45, 2.75) is 25.9 Å². The third-order valence-electron chi connectivity index (χ3n) is 3.52. The molecule has 1 aliphatic carbocycles. The van der Waals surface area contributed by atoms with Gasteiger partial charge in [-0.3, -0.25) is 4.79 Å². The average molecular weight is 232 g/mol. The van der Waals surface area contributed by atoms with Gasteiger partial charge in [0.2, 0.25) is 0 Å². The number of carbonyl (C=O) groups is 2. The number of fused-ring (bicyclic) bond motifs is 2. The Bertz CT molecular complexity index is 512. The summed E-state index contributed by atoms with van der Waals surface area (Å²) in [7, 11) is 0. The fourth-order valence-electron chi connectivity index (χ4n) is 2.56. The van der Waals surface area contributed by atoms with Crippen LogP contribution in [0.4, 0.5) is 0 Å². The zero-order chi connectivity index (χ0) is 12.2. The number of ketones is 1. The smallest absolute Gasteiger partial charge is 0.351 e. The van der Waals surface area contributed by atoms with Gasteiger partial charge in [-0.2, -0.15) is 0 Å². The minimum Gasteiger partial charge on any atom is -0.481 e. The van der Waals surface area contributed by atoms with E-state index in [1.54, 1.807) is 0 Å². The zero-order valence-electron chi connectivity index (χ0n) is 9.49. The first-order valence-electron chi connectivity index (χ1n) is 5.55. The third kappa shape index (κ3) is 1.30. The van der Waals surface area contributed by atoms with Crippen molar-refractivity contribution in [3.8, 4) is 0 Å². The molecule has 0 aromatic rings. The molecule has 0 saturated carbocycles. The summed E-state index contributed by atoms with van der Waals surface area (Å²) in [6.07, 6.45) is 4.89. The van der Waals surface area contributed by atoms with Crippen LogP contribution < -0.4 is 0 Å². The largest absolute Gasteiger partial charge is 0.481 e. The van der Waals surface area contributed by atoms with Crippen LogP contribution >= 0.6 is 0 Å². The van der Waals surface area contributed by atoms with Gasteiger partial charge in [-0.25, -0.2) is 4.79 Å². The topological polar surface area (TPSA) is 52.6 Å². The Labute approximate surface area is 98.6 Å². The first-order valence-corrected chi connectivity index (χ1v) is 5.55. The highest BCUT2D eigenvalue weighted by Gasteiger charge is 2.48. The summed E-state index contributed by atoms with van der Waals surface area (Å²) in [6.45, 7) is 5.46. The van der Waals surface area contributed by atoms with Gasteiger partial charge in [0, 0.05) is 11.8 Å². The lowest BCUT2D eigenvalue weighted by Crippen LogP contribution is -2.34. The zero-order valence-corrected chi connectivity index (χ0v) is 9.49. The summed E-state index contributed by atoms with van der Waals surface area (Å²) >= 11 is 0. The maximum Gasteiger partial charge on any atom is 0.351 e. The predicted octanol–water partition coefficient (Wildman–Crippen LogP) is 1.64. The Hall–Kier alpha value is -1.84. The number of ether oxygens (including phenoxy) is 2. The summed E-state index contributed by atoms with van der Waals surface area (Å²) in [5.74, 6) is -0.463. The van der Waals surface area contributed by atoms with Crippen LogP contribution in [0, 0.1) is 5.41 Å². The molecule has 3 rings (SSSR count). The second kappa shape index (κ2) is 3.09. The van der Waals surface area contributed by atoms with E-state index in [-0.39, 0.29) is 29.0 Å². The van der Waals surface area contributed by atoms with Gasteiger partial charge in [0.1, 0.15) is 11.7 Å². The Morgan fingerprint density at radius 3 is 3.00 bits per heavy atom. The normalized spacial score (nSPS) is 35.4. The van der Waals surface area contributed by atoms with Crippen molar-refractivity contribution in [3.63, 3.8) is 0 Å². The molecule has 0 saturated heterocycles. The molecule has 2 bridgehead atoms. The Kier molecular flexibility index (Phi) is 1.88. The van der Waals surface area contributed by atoms with Crippen LogP contribution in [0.3, 0.4) is 0 Å². The van der Waals surface area contributed by atoms with Gasteiger partial charge in [-0.1, -0.05) is 19.6 Å². The number of rotatable bonds is 0. The van der Waals surface area contributed by atoms with Crippen molar-refractivity contribution >= 4 is 11.8 Å². The Balaban J connectivity index is 2.17. The monoisotopic (exact) mass is 232 g/mol. The van der Waals surface area contributed by atoms with Crippen molar-refractivity contribution in [1.82, 2.24) is 0 Å². The number of hydrogen-bond acceptors (Lipinski definition) is 4. The van der Waals surface area contributed by atoms with Crippen LogP contribution in [0.1, 0.15) is 19.8 Å². The highest BCUT2D eigenvalue weighted by Crippen LogP contribution is 2.44. The highest BCUT2D eigenvalue weighted by atomic mass is 16.6. The standard InChI is InChI=1S/C13H12O4/c1-7-10-9(12(15)16-7)11(14)13(2)5-3-4-8(6-13)17-10/h3-4,8H,1,5-6H2,2H3/t8-,13+/m1/s1. The van der Waals surface area contributed by atoms with Crippen molar-refractivity contribution in [2.75, 3.05) is 0 Å². The van der Waals surface area contributed by atoms with Crippen LogP contribution in [0.15, 0.2) is 35.8 Å². The molecule has 4 heteroatoms. The molecule has 2 heterocycles. The number of esters is 1. The fourth-order valence-corrected chi connectivity index (χ4v) is 2.56. The fraction of sp³-hybridized carbons (Fsp3) is 0.385. The first kappa shape index (κ1) is 10.3. The molecule has 0 unspecified atom stereocenters. The lowest BCUT2D eigenvalue weighted by Gasteiger charge is -2.30. The van der Waals surface area contributed by atoms with Crippen LogP contribution in [-0.4, -0.2) is 17.9 Å². The van der Waals surface area contributed by atoms with E-state index < -0.39 is 11.4 Å². The summed E-state index contributed by atoms with van der Waals surface area (Å²) in [6, 6.07) is 0. The maximum atomic E-state index is 12.4. The summed E-state index contributed by atoms with van der Waals surface area (Å²) in [5.41, 5.74) is -0.538. The van der Waals surface area contributed by atoms with Crippen molar-refractivity contribution in [2.24, 2.45) is 5.41 Å². The van der Waals surface area contributed by atoms with Gasteiger partial charge in [-0.15, -0.1) is 0 Å². The van der Waals surface area contributed by atoms with Gasteiger partial charge >= 0.3 is 5.97 Å². The molecule has 0 aromatic carbocycles. The molecule has 0 aromatic heterocycles. The lowest BCUT2D eigenvalue weighted by molar-refractivity contribution is -0.137. The summed E-state index contributed by atoms with van der Waals surface area (Å²) < 4.78 is 10.5. The minimum absolute atomic E-state index is 0.0312. The molecule has 0 spiro atoms. The molecule has 2 atom stereocenters. The highest BCUT2D eigenvalue weighted by molar-refractivity contribution is 6.22. The van der Waals surface area contributed by atoms with Crippen molar-refractivity contribution < 1.29 is 19.1 Å². The Morgan fingerprint density at radius 2 is 2.24 bits per heavy atom. The quantitative estimate of drug-likeness (QED) is 0.362. The van der Waals surface area contributed by atoms with E-state index >= 15 is 0 Å². The van der Waals surface area contributed by atoms with Gasteiger partial charge < -0.3 is 9.47 Å². The first-order chi connectivity index (χ1) is 8.01. The van der Waals surface area contributed by atoms with E-state index in [0.717, 1.165) is 0 Å². The lowest BCUT2D eigenvalue weighted by atomic mass is 9.73. The predicted molar refractivity (Wildman–Crippen MR) is 58.6 cm³/mol. The molecule has 2 aliphatic heterocycles. The van der Waals surface area contributed by atoms with E-state index in [2.05, 4.69) is 6.58 Å². The molecule has 17 heavy (non-hydrogen) atoms.